The van der Waals surface area contributed by atoms with Crippen molar-refractivity contribution in [2.45, 2.75) is 6.10 Å². The van der Waals surface area contributed by atoms with Crippen LogP contribution in [0.4, 0.5) is 5.88 Å². The number of nitrogens with zero attached hydrogens (tertiary/aromatic N) is 1. The van der Waals surface area contributed by atoms with Crippen molar-refractivity contribution in [2.75, 3.05) is 25.6 Å². The predicted molar refractivity (Wildman–Crippen MR) is 41.7 cm³/mol. The third-order valence-electron chi connectivity index (χ3n) is 1.70. The van der Waals surface area contributed by atoms with Gasteiger partial charge in [0.2, 0.25) is 0 Å². The second kappa shape index (κ2) is 2.27. The van der Waals surface area contributed by atoms with Crippen LogP contribution in [0, 0.1) is 0 Å². The van der Waals surface area contributed by atoms with Crippen molar-refractivity contribution in [2.24, 2.45) is 0 Å². The lowest BCUT2D eigenvalue weighted by Crippen LogP contribution is -2.06. The SMILES string of the molecule is CN(C)c1ccc(C2CO2)o1. The van der Waals surface area contributed by atoms with E-state index in [1.165, 1.54) is 0 Å². The predicted octanol–water partition coefficient (Wildman–Crippen LogP) is 1.42. The molecule has 0 saturated carbocycles. The fourth-order valence-corrected chi connectivity index (χ4v) is 0.968. The molecule has 1 atom stereocenters. The highest BCUT2D eigenvalue weighted by atomic mass is 16.6. The molecule has 0 N–H and O–H groups in total. The van der Waals surface area contributed by atoms with E-state index >= 15 is 0 Å². The van der Waals surface area contributed by atoms with Crippen molar-refractivity contribution in [3.63, 3.8) is 0 Å². The Morgan fingerprint density at radius 2 is 2.18 bits per heavy atom. The normalized spacial score (nSPS) is 21.8. The van der Waals surface area contributed by atoms with Crippen LogP contribution in [0.3, 0.4) is 0 Å². The summed E-state index contributed by atoms with van der Waals surface area (Å²) in [4.78, 5) is 1.94. The zero-order chi connectivity index (χ0) is 7.84. The molecule has 1 aliphatic rings. The fraction of sp³-hybridized carbons (Fsp3) is 0.500. The van der Waals surface area contributed by atoms with Crippen LogP contribution in [0.15, 0.2) is 16.5 Å². The van der Waals surface area contributed by atoms with E-state index in [1.54, 1.807) is 0 Å². The van der Waals surface area contributed by atoms with Gasteiger partial charge in [-0.15, -0.1) is 0 Å². The number of rotatable bonds is 2. The second-order valence-electron chi connectivity index (χ2n) is 2.89. The molecule has 60 valence electrons. The first-order valence-electron chi connectivity index (χ1n) is 3.66. The number of ether oxygens (including phenoxy) is 1. The van der Waals surface area contributed by atoms with Crippen LogP contribution in [0.25, 0.3) is 0 Å². The van der Waals surface area contributed by atoms with E-state index < -0.39 is 0 Å². The molecule has 1 fully saturated rings. The number of hydrogen-bond donors (Lipinski definition) is 0. The number of furan rings is 1. The summed E-state index contributed by atoms with van der Waals surface area (Å²) in [6.45, 7) is 0.806. The average Bonchev–Trinajstić information content (AvgIpc) is 2.68. The second-order valence-corrected chi connectivity index (χ2v) is 2.89. The summed E-state index contributed by atoms with van der Waals surface area (Å²) in [6.07, 6.45) is 0.226. The number of hydrogen-bond acceptors (Lipinski definition) is 3. The summed E-state index contributed by atoms with van der Waals surface area (Å²) in [7, 11) is 3.91. The molecule has 0 spiro atoms. The van der Waals surface area contributed by atoms with Gasteiger partial charge < -0.3 is 14.1 Å². The molecule has 3 nitrogen and oxygen atoms in total. The standard InChI is InChI=1S/C8H11NO2/c1-9(2)8-4-3-6(11-8)7-5-10-7/h3-4,7H,5H2,1-2H3. The molecular weight excluding hydrogens is 142 g/mol. The highest BCUT2D eigenvalue weighted by Gasteiger charge is 2.28. The maximum Gasteiger partial charge on any atom is 0.195 e. The highest BCUT2D eigenvalue weighted by molar-refractivity contribution is 5.34. The van der Waals surface area contributed by atoms with Crippen LogP contribution in [-0.2, 0) is 4.74 Å². The molecule has 1 saturated heterocycles. The van der Waals surface area contributed by atoms with Crippen molar-refractivity contribution in [1.29, 1.82) is 0 Å². The number of epoxide rings is 1. The summed E-state index contributed by atoms with van der Waals surface area (Å²) in [5.41, 5.74) is 0. The Hall–Kier alpha value is -0.960. The molecular formula is C8H11NO2. The van der Waals surface area contributed by atoms with Crippen LogP contribution >= 0.6 is 0 Å². The Morgan fingerprint density at radius 1 is 1.45 bits per heavy atom. The fourth-order valence-electron chi connectivity index (χ4n) is 0.968. The van der Waals surface area contributed by atoms with Crippen molar-refractivity contribution in [3.8, 4) is 0 Å². The van der Waals surface area contributed by atoms with Crippen molar-refractivity contribution in [3.05, 3.63) is 17.9 Å². The van der Waals surface area contributed by atoms with Gasteiger partial charge >= 0.3 is 0 Å². The summed E-state index contributed by atoms with van der Waals surface area (Å²) >= 11 is 0. The van der Waals surface area contributed by atoms with Gasteiger partial charge in [0, 0.05) is 20.2 Å². The summed E-state index contributed by atoms with van der Waals surface area (Å²) in [6, 6.07) is 3.92. The molecule has 2 heterocycles. The van der Waals surface area contributed by atoms with Crippen LogP contribution in [0.5, 0.6) is 0 Å². The maximum atomic E-state index is 5.47. The van der Waals surface area contributed by atoms with Gasteiger partial charge in [0.25, 0.3) is 0 Å². The molecule has 1 unspecified atom stereocenters. The minimum absolute atomic E-state index is 0.226. The van der Waals surface area contributed by atoms with E-state index in [9.17, 15) is 0 Å². The van der Waals surface area contributed by atoms with Crippen molar-refractivity contribution in [1.82, 2.24) is 0 Å². The zero-order valence-corrected chi connectivity index (χ0v) is 6.70. The molecule has 1 aromatic rings. The molecule has 0 aliphatic carbocycles. The van der Waals surface area contributed by atoms with Gasteiger partial charge in [-0.1, -0.05) is 0 Å². The molecule has 0 bridgehead atoms. The molecule has 1 aromatic heterocycles. The Balaban J connectivity index is 2.18. The van der Waals surface area contributed by atoms with Crippen LogP contribution in [0.2, 0.25) is 0 Å². The first-order valence-corrected chi connectivity index (χ1v) is 3.66. The average molecular weight is 153 g/mol. The molecule has 3 heteroatoms. The topological polar surface area (TPSA) is 28.9 Å². The van der Waals surface area contributed by atoms with E-state index in [2.05, 4.69) is 0 Å². The highest BCUT2D eigenvalue weighted by Crippen LogP contribution is 2.32. The van der Waals surface area contributed by atoms with Crippen LogP contribution in [-0.4, -0.2) is 20.7 Å². The molecule has 1 aliphatic heterocycles. The minimum Gasteiger partial charge on any atom is -0.443 e. The van der Waals surface area contributed by atoms with Crippen LogP contribution < -0.4 is 4.90 Å². The van der Waals surface area contributed by atoms with E-state index in [0.717, 1.165) is 18.3 Å². The van der Waals surface area contributed by atoms with Gasteiger partial charge in [0.1, 0.15) is 11.9 Å². The first-order chi connectivity index (χ1) is 5.27. The van der Waals surface area contributed by atoms with Gasteiger partial charge in [-0.2, -0.15) is 0 Å². The Morgan fingerprint density at radius 3 is 2.64 bits per heavy atom. The van der Waals surface area contributed by atoms with Gasteiger partial charge in [0.05, 0.1) is 6.61 Å². The lowest BCUT2D eigenvalue weighted by Gasteiger charge is -2.05. The van der Waals surface area contributed by atoms with Gasteiger partial charge in [-0.05, 0) is 6.07 Å². The van der Waals surface area contributed by atoms with Gasteiger partial charge in [-0.25, -0.2) is 0 Å². The van der Waals surface area contributed by atoms with E-state index in [0.29, 0.717) is 0 Å². The molecule has 11 heavy (non-hydrogen) atoms. The third kappa shape index (κ3) is 1.24. The quantitative estimate of drug-likeness (QED) is 0.601. The van der Waals surface area contributed by atoms with Crippen molar-refractivity contribution < 1.29 is 9.15 Å². The maximum absolute atomic E-state index is 5.47. The van der Waals surface area contributed by atoms with Crippen molar-refractivity contribution >= 4 is 5.88 Å². The van der Waals surface area contributed by atoms with E-state index in [4.69, 9.17) is 9.15 Å². The zero-order valence-electron chi connectivity index (χ0n) is 6.70. The molecule has 0 radical (unpaired) electrons. The smallest absolute Gasteiger partial charge is 0.195 e. The van der Waals surface area contributed by atoms with Gasteiger partial charge in [0.15, 0.2) is 5.88 Å². The van der Waals surface area contributed by atoms with Gasteiger partial charge in [-0.3, -0.25) is 0 Å². The largest absolute Gasteiger partial charge is 0.443 e. The van der Waals surface area contributed by atoms with E-state index in [1.807, 2.05) is 31.1 Å². The Bertz CT molecular complexity index is 234. The first kappa shape index (κ1) is 6.73. The molecule has 2 rings (SSSR count). The summed E-state index contributed by atoms with van der Waals surface area (Å²) in [5.74, 6) is 1.82. The van der Waals surface area contributed by atoms with E-state index in [-0.39, 0.29) is 6.10 Å². The Kier molecular flexibility index (Phi) is 1.39. The lowest BCUT2D eigenvalue weighted by molar-refractivity contribution is 0.372. The monoisotopic (exact) mass is 153 g/mol. The Labute approximate surface area is 65.6 Å². The number of anilines is 1. The third-order valence-corrected chi connectivity index (χ3v) is 1.70. The minimum atomic E-state index is 0.226. The summed E-state index contributed by atoms with van der Waals surface area (Å²) < 4.78 is 10.5. The summed E-state index contributed by atoms with van der Waals surface area (Å²) in [5, 5.41) is 0. The lowest BCUT2D eigenvalue weighted by atomic mass is 10.4. The molecule has 0 amide bonds. The molecule has 0 aromatic carbocycles. The van der Waals surface area contributed by atoms with Crippen LogP contribution in [0.1, 0.15) is 11.9 Å².